The zero-order valence-electron chi connectivity index (χ0n) is 14.9. The highest BCUT2D eigenvalue weighted by molar-refractivity contribution is 7.88. The van der Waals surface area contributed by atoms with Crippen molar-refractivity contribution in [1.82, 2.24) is 4.72 Å². The summed E-state index contributed by atoms with van der Waals surface area (Å²) >= 11 is 0. The molecule has 4 nitrogen and oxygen atoms in total. The van der Waals surface area contributed by atoms with Gasteiger partial charge in [0.05, 0.1) is 12.3 Å². The minimum Gasteiger partial charge on any atom is -0.379 e. The van der Waals surface area contributed by atoms with E-state index in [4.69, 9.17) is 0 Å². The van der Waals surface area contributed by atoms with E-state index in [1.807, 2.05) is 13.8 Å². The first kappa shape index (κ1) is 20.5. The number of sulfonamides is 1. The molecule has 26 heavy (non-hydrogen) atoms. The summed E-state index contributed by atoms with van der Waals surface area (Å²) in [7, 11) is -3.64. The molecular formula is C19H23F2NO3S. The predicted molar refractivity (Wildman–Crippen MR) is 97.0 cm³/mol. The van der Waals surface area contributed by atoms with Crippen molar-refractivity contribution in [3.8, 4) is 0 Å². The Kier molecular flexibility index (Phi) is 6.16. The first-order chi connectivity index (χ1) is 12.0. The zero-order valence-corrected chi connectivity index (χ0v) is 15.7. The van der Waals surface area contributed by atoms with E-state index < -0.39 is 33.3 Å². The summed E-state index contributed by atoms with van der Waals surface area (Å²) < 4.78 is 53.0. The summed E-state index contributed by atoms with van der Waals surface area (Å²) in [6.45, 7) is 3.79. The highest BCUT2D eigenvalue weighted by atomic mass is 32.2. The van der Waals surface area contributed by atoms with Crippen molar-refractivity contribution in [2.24, 2.45) is 5.92 Å². The smallest absolute Gasteiger partial charge is 0.209 e. The molecule has 7 heteroatoms. The molecule has 2 aromatic rings. The molecule has 0 bridgehead atoms. The molecule has 142 valence electrons. The van der Waals surface area contributed by atoms with Gasteiger partial charge in [-0.05, 0) is 47.7 Å². The molecule has 0 amide bonds. The lowest BCUT2D eigenvalue weighted by Gasteiger charge is -2.38. The number of halogens is 2. The van der Waals surface area contributed by atoms with Crippen LogP contribution in [0.3, 0.4) is 0 Å². The minimum absolute atomic E-state index is 0.0571. The molecule has 2 N–H and O–H groups in total. The Morgan fingerprint density at radius 3 is 1.65 bits per heavy atom. The van der Waals surface area contributed by atoms with Gasteiger partial charge in [-0.2, -0.15) is 0 Å². The first-order valence-corrected chi connectivity index (χ1v) is 10.1. The molecule has 0 spiro atoms. The fourth-order valence-corrected chi connectivity index (χ4v) is 3.79. The number of hydrogen-bond acceptors (Lipinski definition) is 3. The third kappa shape index (κ3) is 4.87. The monoisotopic (exact) mass is 383 g/mol. The average Bonchev–Trinajstić information content (AvgIpc) is 2.53. The minimum atomic E-state index is -3.64. The molecule has 2 aromatic carbocycles. The lowest BCUT2D eigenvalue weighted by atomic mass is 9.77. The van der Waals surface area contributed by atoms with E-state index in [1.165, 1.54) is 48.5 Å². The van der Waals surface area contributed by atoms with Crippen molar-refractivity contribution in [3.05, 3.63) is 71.3 Å². The van der Waals surface area contributed by atoms with Crippen LogP contribution in [0, 0.1) is 17.6 Å². The van der Waals surface area contributed by atoms with E-state index >= 15 is 0 Å². The van der Waals surface area contributed by atoms with E-state index in [0.29, 0.717) is 17.5 Å². The summed E-state index contributed by atoms with van der Waals surface area (Å²) in [6.07, 6.45) is 1.33. The molecule has 0 fully saturated rings. The van der Waals surface area contributed by atoms with Gasteiger partial charge in [-0.15, -0.1) is 0 Å². The van der Waals surface area contributed by atoms with Crippen LogP contribution in [-0.4, -0.2) is 25.8 Å². The highest BCUT2D eigenvalue weighted by Gasteiger charge is 2.42. The molecule has 1 atom stereocenters. The number of rotatable bonds is 7. The Balaban J connectivity index is 2.66. The van der Waals surface area contributed by atoms with Gasteiger partial charge in [0.2, 0.25) is 10.0 Å². The summed E-state index contributed by atoms with van der Waals surface area (Å²) in [6, 6.07) is 9.44. The van der Waals surface area contributed by atoms with Crippen LogP contribution in [0.15, 0.2) is 48.5 Å². The Labute approximate surface area is 152 Å². The molecule has 0 heterocycles. The van der Waals surface area contributed by atoms with Crippen molar-refractivity contribution < 1.29 is 22.3 Å². The molecule has 2 rings (SSSR count). The van der Waals surface area contributed by atoms with Gasteiger partial charge < -0.3 is 5.11 Å². The van der Waals surface area contributed by atoms with Gasteiger partial charge >= 0.3 is 0 Å². The maximum absolute atomic E-state index is 13.4. The molecule has 0 aromatic heterocycles. The second-order valence-electron chi connectivity index (χ2n) is 6.85. The third-order valence-electron chi connectivity index (χ3n) is 4.14. The summed E-state index contributed by atoms with van der Waals surface area (Å²) in [4.78, 5) is 0. The zero-order chi connectivity index (χ0) is 19.5. The number of benzene rings is 2. The summed E-state index contributed by atoms with van der Waals surface area (Å²) in [5.41, 5.74) is -1.17. The fraction of sp³-hybridized carbons (Fsp3) is 0.368. The van der Waals surface area contributed by atoms with Gasteiger partial charge in [-0.1, -0.05) is 38.1 Å². The van der Waals surface area contributed by atoms with Gasteiger partial charge in [0.1, 0.15) is 17.2 Å². The largest absolute Gasteiger partial charge is 0.379 e. The van der Waals surface area contributed by atoms with Gasteiger partial charge in [0.25, 0.3) is 0 Å². The third-order valence-corrected chi connectivity index (χ3v) is 4.85. The van der Waals surface area contributed by atoms with Crippen LogP contribution < -0.4 is 4.72 Å². The molecule has 0 unspecified atom stereocenters. The van der Waals surface area contributed by atoms with Gasteiger partial charge in [-0.3, -0.25) is 0 Å². The summed E-state index contributed by atoms with van der Waals surface area (Å²) in [5.74, 6) is -0.903. The van der Waals surface area contributed by atoms with Crippen LogP contribution in [0.5, 0.6) is 0 Å². The van der Waals surface area contributed by atoms with E-state index in [2.05, 4.69) is 4.72 Å². The van der Waals surface area contributed by atoms with Crippen LogP contribution in [0.2, 0.25) is 0 Å². The van der Waals surface area contributed by atoms with Crippen molar-refractivity contribution in [2.45, 2.75) is 31.9 Å². The van der Waals surface area contributed by atoms with E-state index in [0.717, 1.165) is 6.26 Å². The van der Waals surface area contributed by atoms with Crippen LogP contribution in [0.1, 0.15) is 31.4 Å². The quantitative estimate of drug-likeness (QED) is 0.772. The molecule has 0 saturated heterocycles. The number of aliphatic hydroxyl groups is 1. The van der Waals surface area contributed by atoms with Gasteiger partial charge in [0.15, 0.2) is 0 Å². The average molecular weight is 383 g/mol. The Bertz CT molecular complexity index is 789. The first-order valence-electron chi connectivity index (χ1n) is 8.24. The van der Waals surface area contributed by atoms with Crippen LogP contribution in [-0.2, 0) is 15.6 Å². The van der Waals surface area contributed by atoms with Gasteiger partial charge in [0, 0.05) is 0 Å². The predicted octanol–water partition coefficient (Wildman–Crippen LogP) is 3.16. The van der Waals surface area contributed by atoms with Gasteiger partial charge in [-0.25, -0.2) is 21.9 Å². The molecule has 0 saturated carbocycles. The number of nitrogens with one attached hydrogen (secondary N) is 1. The molecule has 0 aliphatic rings. The lowest BCUT2D eigenvalue weighted by molar-refractivity contribution is 0.0377. The Morgan fingerprint density at radius 2 is 1.35 bits per heavy atom. The maximum Gasteiger partial charge on any atom is 0.209 e. The van der Waals surface area contributed by atoms with Crippen molar-refractivity contribution in [1.29, 1.82) is 0 Å². The highest BCUT2D eigenvalue weighted by Crippen LogP contribution is 2.36. The second-order valence-corrected chi connectivity index (χ2v) is 8.63. The van der Waals surface area contributed by atoms with Crippen molar-refractivity contribution >= 4 is 10.0 Å². The van der Waals surface area contributed by atoms with E-state index in [-0.39, 0.29) is 5.92 Å². The standard InChI is InChI=1S/C19H23F2NO3S/c1-13(2)12-18(22-26(3,24)25)19(23,14-4-8-16(20)9-5-14)15-6-10-17(21)11-7-15/h4-11,13,18,22-23H,12H2,1-3H3/t18-/m0/s1. The normalized spacial score (nSPS) is 13.8. The Hall–Kier alpha value is -1.83. The summed E-state index contributed by atoms with van der Waals surface area (Å²) in [5, 5.41) is 11.6. The van der Waals surface area contributed by atoms with E-state index in [1.54, 1.807) is 0 Å². The maximum atomic E-state index is 13.4. The van der Waals surface area contributed by atoms with E-state index in [9.17, 15) is 22.3 Å². The molecule has 0 radical (unpaired) electrons. The SMILES string of the molecule is CC(C)C[C@H](NS(C)(=O)=O)C(O)(c1ccc(F)cc1)c1ccc(F)cc1. The molecule has 0 aliphatic heterocycles. The lowest BCUT2D eigenvalue weighted by Crippen LogP contribution is -2.51. The number of hydrogen-bond donors (Lipinski definition) is 2. The van der Waals surface area contributed by atoms with Crippen molar-refractivity contribution in [3.63, 3.8) is 0 Å². The van der Waals surface area contributed by atoms with Crippen LogP contribution >= 0.6 is 0 Å². The topological polar surface area (TPSA) is 66.4 Å². The van der Waals surface area contributed by atoms with Crippen LogP contribution in [0.4, 0.5) is 8.78 Å². The Morgan fingerprint density at radius 1 is 0.962 bits per heavy atom. The molecule has 0 aliphatic carbocycles. The van der Waals surface area contributed by atoms with Crippen molar-refractivity contribution in [2.75, 3.05) is 6.26 Å². The fourth-order valence-electron chi connectivity index (χ4n) is 3.01. The molecular weight excluding hydrogens is 360 g/mol. The second kappa shape index (κ2) is 7.82. The van der Waals surface area contributed by atoms with Crippen LogP contribution in [0.25, 0.3) is 0 Å².